The van der Waals surface area contributed by atoms with E-state index in [2.05, 4.69) is 18.7 Å². The molecule has 0 aliphatic carbocycles. The standard InChI is InChI=1S/C13H23NO2/c1-12(2)3-6-14(9-12)10-13(11-15)4-7-16-8-5-13/h11H,3-10H2,1-2H3. The number of ether oxygens (including phenoxy) is 1. The zero-order valence-electron chi connectivity index (χ0n) is 10.5. The fraction of sp³-hybridized carbons (Fsp3) is 0.923. The molecule has 0 N–H and O–H groups in total. The van der Waals surface area contributed by atoms with Gasteiger partial charge in [-0.05, 0) is 31.2 Å². The third kappa shape index (κ3) is 2.64. The van der Waals surface area contributed by atoms with Crippen molar-refractivity contribution in [2.24, 2.45) is 10.8 Å². The van der Waals surface area contributed by atoms with Crippen LogP contribution in [0.4, 0.5) is 0 Å². The van der Waals surface area contributed by atoms with Crippen LogP contribution >= 0.6 is 0 Å². The van der Waals surface area contributed by atoms with Gasteiger partial charge in [0.25, 0.3) is 0 Å². The van der Waals surface area contributed by atoms with Crippen molar-refractivity contribution in [3.63, 3.8) is 0 Å². The molecule has 2 aliphatic rings. The predicted octanol–water partition coefficient (Wildman–Crippen LogP) is 1.71. The van der Waals surface area contributed by atoms with Crippen LogP contribution in [0, 0.1) is 10.8 Å². The highest BCUT2D eigenvalue weighted by Crippen LogP contribution is 2.34. The van der Waals surface area contributed by atoms with E-state index in [1.807, 2.05) is 0 Å². The third-order valence-electron chi connectivity index (χ3n) is 4.03. The Bertz CT molecular complexity index is 257. The molecule has 0 amide bonds. The monoisotopic (exact) mass is 225 g/mol. The van der Waals surface area contributed by atoms with Crippen molar-refractivity contribution in [2.45, 2.75) is 33.1 Å². The van der Waals surface area contributed by atoms with Gasteiger partial charge in [0.05, 0.1) is 0 Å². The van der Waals surface area contributed by atoms with E-state index in [-0.39, 0.29) is 5.41 Å². The molecular weight excluding hydrogens is 202 g/mol. The fourth-order valence-corrected chi connectivity index (χ4v) is 2.90. The highest BCUT2D eigenvalue weighted by atomic mass is 16.5. The maximum Gasteiger partial charge on any atom is 0.127 e. The summed E-state index contributed by atoms with van der Waals surface area (Å²) in [7, 11) is 0. The number of rotatable bonds is 3. The van der Waals surface area contributed by atoms with Gasteiger partial charge in [-0.15, -0.1) is 0 Å². The molecule has 2 aliphatic heterocycles. The van der Waals surface area contributed by atoms with Crippen molar-refractivity contribution >= 4 is 6.29 Å². The van der Waals surface area contributed by atoms with Crippen LogP contribution in [0.5, 0.6) is 0 Å². The second-order valence-electron chi connectivity index (χ2n) is 6.22. The van der Waals surface area contributed by atoms with Gasteiger partial charge in [0.2, 0.25) is 0 Å². The number of aldehydes is 1. The van der Waals surface area contributed by atoms with E-state index in [0.717, 1.165) is 45.7 Å². The lowest BCUT2D eigenvalue weighted by atomic mass is 9.81. The Kier molecular flexibility index (Phi) is 3.36. The Morgan fingerprint density at radius 1 is 1.25 bits per heavy atom. The van der Waals surface area contributed by atoms with E-state index >= 15 is 0 Å². The van der Waals surface area contributed by atoms with E-state index in [9.17, 15) is 4.79 Å². The molecule has 0 bridgehead atoms. The zero-order valence-corrected chi connectivity index (χ0v) is 10.5. The number of hydrogen-bond acceptors (Lipinski definition) is 3. The van der Waals surface area contributed by atoms with Gasteiger partial charge in [-0.25, -0.2) is 0 Å². The van der Waals surface area contributed by atoms with E-state index in [4.69, 9.17) is 4.74 Å². The average Bonchev–Trinajstić information content (AvgIpc) is 2.59. The van der Waals surface area contributed by atoms with Crippen molar-refractivity contribution in [3.8, 4) is 0 Å². The quantitative estimate of drug-likeness (QED) is 0.685. The number of carbonyl (C=O) groups excluding carboxylic acids is 1. The molecule has 0 aromatic rings. The first-order valence-electron chi connectivity index (χ1n) is 6.32. The first kappa shape index (κ1) is 12.1. The molecule has 3 nitrogen and oxygen atoms in total. The number of hydrogen-bond donors (Lipinski definition) is 0. The largest absolute Gasteiger partial charge is 0.381 e. The summed E-state index contributed by atoms with van der Waals surface area (Å²) in [6.07, 6.45) is 4.22. The van der Waals surface area contributed by atoms with Gasteiger partial charge < -0.3 is 14.4 Å². The van der Waals surface area contributed by atoms with Crippen LogP contribution in [0.3, 0.4) is 0 Å². The average molecular weight is 225 g/mol. The smallest absolute Gasteiger partial charge is 0.127 e. The minimum atomic E-state index is -0.126. The Morgan fingerprint density at radius 2 is 1.94 bits per heavy atom. The molecule has 16 heavy (non-hydrogen) atoms. The van der Waals surface area contributed by atoms with E-state index in [1.54, 1.807) is 0 Å². The fourth-order valence-electron chi connectivity index (χ4n) is 2.90. The van der Waals surface area contributed by atoms with Gasteiger partial charge >= 0.3 is 0 Å². The normalized spacial score (nSPS) is 29.1. The van der Waals surface area contributed by atoms with Crippen molar-refractivity contribution in [2.75, 3.05) is 32.8 Å². The highest BCUT2D eigenvalue weighted by Gasteiger charge is 2.38. The number of carbonyl (C=O) groups is 1. The molecule has 2 fully saturated rings. The van der Waals surface area contributed by atoms with Gasteiger partial charge in [-0.2, -0.15) is 0 Å². The molecule has 0 spiro atoms. The molecular formula is C13H23NO2. The zero-order chi connectivity index (χ0) is 11.6. The predicted molar refractivity (Wildman–Crippen MR) is 63.4 cm³/mol. The summed E-state index contributed by atoms with van der Waals surface area (Å²) in [5.74, 6) is 0. The summed E-state index contributed by atoms with van der Waals surface area (Å²) in [6, 6.07) is 0. The van der Waals surface area contributed by atoms with Crippen LogP contribution in [-0.2, 0) is 9.53 Å². The van der Waals surface area contributed by atoms with Crippen molar-refractivity contribution in [1.82, 2.24) is 4.90 Å². The lowest BCUT2D eigenvalue weighted by Crippen LogP contribution is -2.42. The maximum atomic E-state index is 11.3. The molecule has 0 aromatic carbocycles. The van der Waals surface area contributed by atoms with Crippen LogP contribution in [-0.4, -0.2) is 44.0 Å². The summed E-state index contributed by atoms with van der Waals surface area (Å²) in [5, 5.41) is 0. The van der Waals surface area contributed by atoms with E-state index in [0.29, 0.717) is 5.41 Å². The van der Waals surface area contributed by atoms with Gasteiger partial charge in [0.1, 0.15) is 6.29 Å². The van der Waals surface area contributed by atoms with Crippen LogP contribution in [0.15, 0.2) is 0 Å². The molecule has 3 heteroatoms. The molecule has 0 saturated carbocycles. The van der Waals surface area contributed by atoms with Crippen LogP contribution < -0.4 is 0 Å². The van der Waals surface area contributed by atoms with Crippen LogP contribution in [0.25, 0.3) is 0 Å². The van der Waals surface area contributed by atoms with Crippen LogP contribution in [0.1, 0.15) is 33.1 Å². The Balaban J connectivity index is 1.94. The Morgan fingerprint density at radius 3 is 2.44 bits per heavy atom. The van der Waals surface area contributed by atoms with Crippen molar-refractivity contribution in [1.29, 1.82) is 0 Å². The third-order valence-corrected chi connectivity index (χ3v) is 4.03. The minimum absolute atomic E-state index is 0.126. The molecule has 2 rings (SSSR count). The van der Waals surface area contributed by atoms with Gasteiger partial charge in [0, 0.05) is 31.7 Å². The molecule has 2 heterocycles. The molecule has 2 saturated heterocycles. The number of likely N-dealkylation sites (tertiary alicyclic amines) is 1. The van der Waals surface area contributed by atoms with Gasteiger partial charge in [-0.1, -0.05) is 13.8 Å². The van der Waals surface area contributed by atoms with Crippen molar-refractivity contribution < 1.29 is 9.53 Å². The SMILES string of the molecule is CC1(C)CCN(CC2(C=O)CCOCC2)C1. The molecule has 0 aromatic heterocycles. The molecule has 0 radical (unpaired) electrons. The van der Waals surface area contributed by atoms with Crippen LogP contribution in [0.2, 0.25) is 0 Å². The summed E-state index contributed by atoms with van der Waals surface area (Å²) in [4.78, 5) is 13.8. The molecule has 92 valence electrons. The lowest BCUT2D eigenvalue weighted by Gasteiger charge is -2.35. The Hall–Kier alpha value is -0.410. The lowest BCUT2D eigenvalue weighted by molar-refractivity contribution is -0.122. The molecule has 0 unspecified atom stereocenters. The number of nitrogens with zero attached hydrogens (tertiary/aromatic N) is 1. The summed E-state index contributed by atoms with van der Waals surface area (Å²) >= 11 is 0. The topological polar surface area (TPSA) is 29.5 Å². The summed E-state index contributed by atoms with van der Waals surface area (Å²) in [5.41, 5.74) is 0.300. The second-order valence-corrected chi connectivity index (χ2v) is 6.22. The maximum absolute atomic E-state index is 11.3. The summed E-state index contributed by atoms with van der Waals surface area (Å²) < 4.78 is 5.35. The second kappa shape index (κ2) is 4.46. The van der Waals surface area contributed by atoms with Crippen molar-refractivity contribution in [3.05, 3.63) is 0 Å². The Labute approximate surface area is 98.1 Å². The highest BCUT2D eigenvalue weighted by molar-refractivity contribution is 5.60. The van der Waals surface area contributed by atoms with E-state index in [1.165, 1.54) is 12.7 Å². The molecule has 0 atom stereocenters. The van der Waals surface area contributed by atoms with Gasteiger partial charge in [-0.3, -0.25) is 0 Å². The van der Waals surface area contributed by atoms with E-state index < -0.39 is 0 Å². The first-order valence-corrected chi connectivity index (χ1v) is 6.32. The minimum Gasteiger partial charge on any atom is -0.381 e. The van der Waals surface area contributed by atoms with Gasteiger partial charge in [0.15, 0.2) is 0 Å². The first-order chi connectivity index (χ1) is 7.55. The summed E-state index contributed by atoms with van der Waals surface area (Å²) in [6.45, 7) is 9.32.